The van der Waals surface area contributed by atoms with Gasteiger partial charge in [-0.3, -0.25) is 33.6 Å². The number of H-pyrrole nitrogens is 1. The number of imide groups is 1. The number of methoxy groups -OCH3 is 1. The average molecular weight is 548 g/mol. The molecule has 0 spiro atoms. The molecule has 3 amide bonds. The highest BCUT2D eigenvalue weighted by Gasteiger charge is 2.35. The minimum atomic E-state index is -0.773. The van der Waals surface area contributed by atoms with Crippen molar-refractivity contribution >= 4 is 29.2 Å². The van der Waals surface area contributed by atoms with Gasteiger partial charge in [0, 0.05) is 13.1 Å². The van der Waals surface area contributed by atoms with Crippen LogP contribution >= 0.6 is 0 Å². The Kier molecular flexibility index (Phi) is 8.22. The summed E-state index contributed by atoms with van der Waals surface area (Å²) in [5, 5.41) is 0. The molecule has 0 fully saturated rings. The number of aromatic amines is 1. The molecule has 0 aliphatic carbocycles. The molecule has 210 valence electrons. The van der Waals surface area contributed by atoms with Crippen LogP contribution in [0, 0.1) is 5.92 Å². The molecule has 0 saturated heterocycles. The van der Waals surface area contributed by atoms with Crippen LogP contribution in [0.4, 0.5) is 11.5 Å². The molecule has 0 saturated carbocycles. The molecule has 3 aromatic rings. The van der Waals surface area contributed by atoms with E-state index in [0.29, 0.717) is 23.1 Å². The molecule has 11 nitrogen and oxygen atoms in total. The number of carbonyl (C=O) groups excluding carboxylic acids is 3. The average Bonchev–Trinajstić information content (AvgIpc) is 3.16. The number of carbonyl (C=O) groups is 3. The molecule has 1 aliphatic rings. The summed E-state index contributed by atoms with van der Waals surface area (Å²) in [6.45, 7) is 6.08. The number of rotatable bonds is 10. The lowest BCUT2D eigenvalue weighted by Crippen LogP contribution is -2.43. The predicted molar refractivity (Wildman–Crippen MR) is 151 cm³/mol. The van der Waals surface area contributed by atoms with Gasteiger partial charge in [0.1, 0.15) is 11.6 Å². The number of amides is 3. The Morgan fingerprint density at radius 1 is 1.05 bits per heavy atom. The van der Waals surface area contributed by atoms with Crippen molar-refractivity contribution in [3.05, 3.63) is 85.6 Å². The molecule has 40 heavy (non-hydrogen) atoms. The Morgan fingerprint density at radius 2 is 1.70 bits per heavy atom. The van der Waals surface area contributed by atoms with Crippen LogP contribution in [0.5, 0.6) is 5.75 Å². The summed E-state index contributed by atoms with van der Waals surface area (Å²) >= 11 is 0. The van der Waals surface area contributed by atoms with E-state index in [1.54, 1.807) is 36.4 Å². The fourth-order valence-electron chi connectivity index (χ4n) is 4.75. The Bertz CT molecular complexity index is 1550. The van der Waals surface area contributed by atoms with E-state index >= 15 is 0 Å². The predicted octanol–water partition coefficient (Wildman–Crippen LogP) is 3.03. The lowest BCUT2D eigenvalue weighted by atomic mass is 10.1. The third kappa shape index (κ3) is 5.27. The van der Waals surface area contributed by atoms with Crippen molar-refractivity contribution in [1.82, 2.24) is 14.5 Å². The number of nitrogens with zero attached hydrogens (tertiary/aromatic N) is 3. The second kappa shape index (κ2) is 11.6. The summed E-state index contributed by atoms with van der Waals surface area (Å²) in [6.07, 6.45) is 1.45. The molecule has 0 atom stereocenters. The number of nitrogens with two attached hydrogens (primary N) is 1. The molecule has 1 aliphatic heterocycles. The van der Waals surface area contributed by atoms with Crippen molar-refractivity contribution in [3.63, 3.8) is 0 Å². The largest absolute Gasteiger partial charge is 0.496 e. The van der Waals surface area contributed by atoms with Crippen molar-refractivity contribution in [2.24, 2.45) is 5.92 Å². The lowest BCUT2D eigenvalue weighted by molar-refractivity contribution is 0.0642. The molecular weight excluding hydrogens is 514 g/mol. The topological polar surface area (TPSA) is 148 Å². The van der Waals surface area contributed by atoms with Gasteiger partial charge in [0.2, 0.25) is 0 Å². The molecule has 2 heterocycles. The zero-order valence-corrected chi connectivity index (χ0v) is 23.0. The number of anilines is 2. The summed E-state index contributed by atoms with van der Waals surface area (Å²) in [4.78, 5) is 70.1. The summed E-state index contributed by atoms with van der Waals surface area (Å²) < 4.78 is 6.73. The van der Waals surface area contributed by atoms with Gasteiger partial charge in [0.05, 0.1) is 30.3 Å². The van der Waals surface area contributed by atoms with Crippen LogP contribution < -0.4 is 26.6 Å². The zero-order chi connectivity index (χ0) is 29.1. The van der Waals surface area contributed by atoms with Crippen LogP contribution in [0.3, 0.4) is 0 Å². The minimum absolute atomic E-state index is 0.0636. The van der Waals surface area contributed by atoms with Crippen LogP contribution in [0.2, 0.25) is 0 Å². The molecule has 3 N–H and O–H groups in total. The number of nitrogens with one attached hydrogen (secondary N) is 1. The maximum absolute atomic E-state index is 14.1. The molecule has 0 bridgehead atoms. The van der Waals surface area contributed by atoms with E-state index in [-0.39, 0.29) is 48.4 Å². The van der Waals surface area contributed by atoms with E-state index in [2.05, 4.69) is 4.98 Å². The van der Waals surface area contributed by atoms with E-state index in [4.69, 9.17) is 10.5 Å². The third-order valence-electron chi connectivity index (χ3n) is 6.73. The highest BCUT2D eigenvalue weighted by atomic mass is 16.5. The summed E-state index contributed by atoms with van der Waals surface area (Å²) in [5.41, 5.74) is 6.08. The van der Waals surface area contributed by atoms with Gasteiger partial charge in [-0.05, 0) is 42.2 Å². The van der Waals surface area contributed by atoms with Gasteiger partial charge in [0.15, 0.2) is 5.69 Å². The minimum Gasteiger partial charge on any atom is -0.496 e. The monoisotopic (exact) mass is 547 g/mol. The third-order valence-corrected chi connectivity index (χ3v) is 6.73. The molecule has 0 radical (unpaired) electrons. The number of unbranched alkanes of at least 4 members (excludes halogenated alkanes) is 1. The molecule has 2 aromatic carbocycles. The van der Waals surface area contributed by atoms with Gasteiger partial charge in [-0.1, -0.05) is 45.4 Å². The van der Waals surface area contributed by atoms with E-state index < -0.39 is 29.0 Å². The van der Waals surface area contributed by atoms with Crippen molar-refractivity contribution in [1.29, 1.82) is 0 Å². The lowest BCUT2D eigenvalue weighted by Gasteiger charge is -2.27. The second-order valence-corrected chi connectivity index (χ2v) is 10.1. The number of nitrogen functional groups attached to an aromatic ring is 1. The van der Waals surface area contributed by atoms with Gasteiger partial charge >= 0.3 is 5.69 Å². The van der Waals surface area contributed by atoms with Crippen LogP contribution in [-0.2, 0) is 13.1 Å². The Morgan fingerprint density at radius 3 is 2.27 bits per heavy atom. The summed E-state index contributed by atoms with van der Waals surface area (Å²) in [7, 11) is 1.41. The number of hydrogen-bond acceptors (Lipinski definition) is 7. The number of ether oxygens (including phenoxy) is 1. The van der Waals surface area contributed by atoms with Gasteiger partial charge in [-0.15, -0.1) is 0 Å². The molecule has 4 rings (SSSR count). The number of aromatic nitrogens is 2. The standard InChI is InChI=1S/C29H33N5O6/c1-5-6-13-32-24(30)23(25(35)31-29(32)39)33(15-17(2)3)28(38)21-14-18(11-12-22(21)40-4)16-34-26(36)19-9-7-8-10-20(19)27(34)37/h7-12,14,17H,5-6,13,15-16,30H2,1-4H3,(H,31,35,39). The van der Waals surface area contributed by atoms with Gasteiger partial charge < -0.3 is 15.4 Å². The number of fused-ring (bicyclic) bond motifs is 1. The summed E-state index contributed by atoms with van der Waals surface area (Å²) in [6, 6.07) is 11.4. The van der Waals surface area contributed by atoms with E-state index in [0.717, 1.165) is 11.3 Å². The van der Waals surface area contributed by atoms with Gasteiger partial charge in [-0.25, -0.2) is 4.79 Å². The first-order valence-corrected chi connectivity index (χ1v) is 13.2. The highest BCUT2D eigenvalue weighted by molar-refractivity contribution is 6.21. The molecule has 1 aromatic heterocycles. The number of benzene rings is 2. The highest BCUT2D eigenvalue weighted by Crippen LogP contribution is 2.29. The van der Waals surface area contributed by atoms with Crippen molar-refractivity contribution in [3.8, 4) is 5.75 Å². The first-order valence-electron chi connectivity index (χ1n) is 13.2. The van der Waals surface area contributed by atoms with Crippen molar-refractivity contribution in [2.75, 3.05) is 24.3 Å². The Hall–Kier alpha value is -4.67. The zero-order valence-electron chi connectivity index (χ0n) is 23.0. The smallest absolute Gasteiger partial charge is 0.330 e. The van der Waals surface area contributed by atoms with Crippen molar-refractivity contribution in [2.45, 2.75) is 46.7 Å². The molecule has 11 heteroatoms. The van der Waals surface area contributed by atoms with E-state index in [9.17, 15) is 24.0 Å². The second-order valence-electron chi connectivity index (χ2n) is 10.1. The summed E-state index contributed by atoms with van der Waals surface area (Å²) in [5.74, 6) is -1.34. The van der Waals surface area contributed by atoms with Crippen LogP contribution in [0.25, 0.3) is 0 Å². The molecule has 0 unspecified atom stereocenters. The number of hydrogen-bond donors (Lipinski definition) is 2. The maximum atomic E-state index is 14.1. The first-order chi connectivity index (χ1) is 19.1. The Labute approximate surface area is 231 Å². The van der Waals surface area contributed by atoms with Crippen LogP contribution in [0.1, 0.15) is 70.3 Å². The van der Waals surface area contributed by atoms with Crippen molar-refractivity contribution < 1.29 is 19.1 Å². The van der Waals surface area contributed by atoms with Crippen LogP contribution in [0.15, 0.2) is 52.1 Å². The van der Waals surface area contributed by atoms with Gasteiger partial charge in [0.25, 0.3) is 23.3 Å². The molecular formula is C29H33N5O6. The van der Waals surface area contributed by atoms with Crippen LogP contribution in [-0.4, -0.2) is 45.8 Å². The fourth-order valence-corrected chi connectivity index (χ4v) is 4.75. The normalized spacial score (nSPS) is 12.7. The maximum Gasteiger partial charge on any atom is 0.330 e. The quantitative estimate of drug-likeness (QED) is 0.371. The first kappa shape index (κ1) is 28.3. The Balaban J connectivity index is 1.76. The van der Waals surface area contributed by atoms with Gasteiger partial charge in [-0.2, -0.15) is 0 Å². The van der Waals surface area contributed by atoms with E-state index in [1.165, 1.54) is 22.6 Å². The van der Waals surface area contributed by atoms with E-state index in [1.807, 2.05) is 20.8 Å². The fraction of sp³-hybridized carbons (Fsp3) is 0.345. The SMILES string of the molecule is CCCCn1c(N)c(N(CC(C)C)C(=O)c2cc(CN3C(=O)c4ccccc4C3=O)ccc2OC)c(=O)[nH]c1=O.